The van der Waals surface area contributed by atoms with E-state index >= 15 is 0 Å². The molecule has 0 aliphatic heterocycles. The van der Waals surface area contributed by atoms with Gasteiger partial charge in [0.05, 0.1) is 0 Å². The number of benzene rings is 2. The molecule has 0 aromatic heterocycles. The quantitative estimate of drug-likeness (QED) is 0.768. The van der Waals surface area contributed by atoms with Gasteiger partial charge in [-0.3, -0.25) is 9.59 Å². The number of anilines is 2. The molecule has 0 heterocycles. The third-order valence-electron chi connectivity index (χ3n) is 3.88. The van der Waals surface area contributed by atoms with Crippen LogP contribution in [0.15, 0.2) is 42.5 Å². The molecule has 1 N–H and O–H groups in total. The molecule has 0 saturated carbocycles. The Hall–Kier alpha value is -2.04. The SMILES string of the molecule is CC(=O)N(CC(=O)Nc1ccc(C(C)(C)C)cc1)c1cc(Cl)cc(Cl)c1. The van der Waals surface area contributed by atoms with Crippen molar-refractivity contribution in [1.82, 2.24) is 0 Å². The van der Waals surface area contributed by atoms with Crippen molar-refractivity contribution in [2.45, 2.75) is 33.1 Å². The van der Waals surface area contributed by atoms with Crippen molar-refractivity contribution in [3.05, 3.63) is 58.1 Å². The summed E-state index contributed by atoms with van der Waals surface area (Å²) in [6.07, 6.45) is 0. The average Bonchev–Trinajstić information content (AvgIpc) is 2.51. The summed E-state index contributed by atoms with van der Waals surface area (Å²) in [5.74, 6) is -0.582. The number of carbonyl (C=O) groups is 2. The Labute approximate surface area is 164 Å². The van der Waals surface area contributed by atoms with E-state index in [9.17, 15) is 9.59 Å². The number of rotatable bonds is 4. The molecule has 4 nitrogen and oxygen atoms in total. The van der Waals surface area contributed by atoms with Gasteiger partial charge in [0.25, 0.3) is 0 Å². The Morgan fingerprint density at radius 3 is 2.00 bits per heavy atom. The predicted octanol–water partition coefficient (Wildman–Crippen LogP) is 5.28. The largest absolute Gasteiger partial charge is 0.325 e. The van der Waals surface area contributed by atoms with Crippen LogP contribution < -0.4 is 10.2 Å². The number of amides is 2. The zero-order valence-electron chi connectivity index (χ0n) is 15.3. The lowest BCUT2D eigenvalue weighted by atomic mass is 9.87. The summed E-state index contributed by atoms with van der Waals surface area (Å²) in [5, 5.41) is 3.61. The lowest BCUT2D eigenvalue weighted by Gasteiger charge is -2.22. The van der Waals surface area contributed by atoms with Crippen LogP contribution in [0.1, 0.15) is 33.3 Å². The van der Waals surface area contributed by atoms with Crippen molar-refractivity contribution in [2.24, 2.45) is 0 Å². The van der Waals surface area contributed by atoms with Crippen LogP contribution in [-0.4, -0.2) is 18.4 Å². The van der Waals surface area contributed by atoms with Crippen molar-refractivity contribution < 1.29 is 9.59 Å². The smallest absolute Gasteiger partial charge is 0.244 e. The highest BCUT2D eigenvalue weighted by Crippen LogP contribution is 2.26. The van der Waals surface area contributed by atoms with E-state index in [2.05, 4.69) is 26.1 Å². The Morgan fingerprint density at radius 2 is 1.54 bits per heavy atom. The zero-order chi connectivity index (χ0) is 19.5. The summed E-state index contributed by atoms with van der Waals surface area (Å²) >= 11 is 12.0. The molecule has 2 aromatic carbocycles. The maximum absolute atomic E-state index is 12.4. The van der Waals surface area contributed by atoms with Gasteiger partial charge in [0.15, 0.2) is 0 Å². The fourth-order valence-corrected chi connectivity index (χ4v) is 2.99. The fourth-order valence-electron chi connectivity index (χ4n) is 2.48. The van der Waals surface area contributed by atoms with Crippen LogP contribution in [0.2, 0.25) is 10.0 Å². The molecule has 2 aromatic rings. The molecule has 0 aliphatic rings. The van der Waals surface area contributed by atoms with Crippen LogP contribution in [0.25, 0.3) is 0 Å². The number of carbonyl (C=O) groups excluding carboxylic acids is 2. The van der Waals surface area contributed by atoms with Crippen LogP contribution in [0.5, 0.6) is 0 Å². The van der Waals surface area contributed by atoms with E-state index in [0.29, 0.717) is 21.4 Å². The fraction of sp³-hybridized carbons (Fsp3) is 0.300. The summed E-state index contributed by atoms with van der Waals surface area (Å²) < 4.78 is 0. The van der Waals surface area contributed by atoms with Crippen LogP contribution >= 0.6 is 23.2 Å². The van der Waals surface area contributed by atoms with E-state index in [4.69, 9.17) is 23.2 Å². The Morgan fingerprint density at radius 1 is 1.00 bits per heavy atom. The highest BCUT2D eigenvalue weighted by Gasteiger charge is 2.18. The Bertz CT molecular complexity index is 791. The lowest BCUT2D eigenvalue weighted by molar-refractivity contribution is -0.120. The standard InChI is InChI=1S/C20H22Cl2N2O2/c1-13(25)24(18-10-15(21)9-16(22)11-18)12-19(26)23-17-7-5-14(6-8-17)20(2,3)4/h5-11H,12H2,1-4H3,(H,23,26). The first-order valence-corrected chi connectivity index (χ1v) is 8.96. The summed E-state index contributed by atoms with van der Waals surface area (Å²) in [5.41, 5.74) is 2.37. The van der Waals surface area contributed by atoms with Gasteiger partial charge in [-0.1, -0.05) is 56.1 Å². The maximum Gasteiger partial charge on any atom is 0.244 e. The van der Waals surface area contributed by atoms with Gasteiger partial charge in [0.2, 0.25) is 11.8 Å². The molecule has 0 fully saturated rings. The van der Waals surface area contributed by atoms with E-state index in [1.54, 1.807) is 18.2 Å². The number of hydrogen-bond acceptors (Lipinski definition) is 2. The molecular formula is C20H22Cl2N2O2. The number of nitrogens with zero attached hydrogens (tertiary/aromatic N) is 1. The number of hydrogen-bond donors (Lipinski definition) is 1. The predicted molar refractivity (Wildman–Crippen MR) is 108 cm³/mol. The van der Waals surface area contributed by atoms with Gasteiger partial charge in [0, 0.05) is 28.3 Å². The van der Waals surface area contributed by atoms with Crippen molar-refractivity contribution in [2.75, 3.05) is 16.8 Å². The van der Waals surface area contributed by atoms with Gasteiger partial charge >= 0.3 is 0 Å². The van der Waals surface area contributed by atoms with Gasteiger partial charge in [-0.05, 0) is 41.3 Å². The van der Waals surface area contributed by atoms with Gasteiger partial charge in [0.1, 0.15) is 6.54 Å². The molecule has 138 valence electrons. The van der Waals surface area contributed by atoms with Gasteiger partial charge in [-0.15, -0.1) is 0 Å². The summed E-state index contributed by atoms with van der Waals surface area (Å²) in [4.78, 5) is 25.7. The average molecular weight is 393 g/mol. The van der Waals surface area contributed by atoms with Crippen LogP contribution in [0, 0.1) is 0 Å². The second-order valence-electron chi connectivity index (χ2n) is 7.11. The van der Waals surface area contributed by atoms with E-state index in [-0.39, 0.29) is 23.8 Å². The Kier molecular flexibility index (Phi) is 6.32. The maximum atomic E-state index is 12.4. The lowest BCUT2D eigenvalue weighted by Crippen LogP contribution is -2.36. The van der Waals surface area contributed by atoms with E-state index < -0.39 is 0 Å². The third-order valence-corrected chi connectivity index (χ3v) is 4.31. The van der Waals surface area contributed by atoms with Crippen molar-refractivity contribution in [1.29, 1.82) is 0 Å². The molecule has 6 heteroatoms. The monoisotopic (exact) mass is 392 g/mol. The van der Waals surface area contributed by atoms with Gasteiger partial charge < -0.3 is 10.2 Å². The third kappa shape index (κ3) is 5.48. The molecule has 0 aliphatic carbocycles. The minimum atomic E-state index is -0.306. The van der Waals surface area contributed by atoms with Gasteiger partial charge in [-0.25, -0.2) is 0 Å². The Balaban J connectivity index is 2.12. The van der Waals surface area contributed by atoms with E-state index in [1.165, 1.54) is 17.4 Å². The number of halogens is 2. The summed E-state index contributed by atoms with van der Waals surface area (Å²) in [6.45, 7) is 7.64. The highest BCUT2D eigenvalue weighted by molar-refractivity contribution is 6.35. The van der Waals surface area contributed by atoms with Crippen molar-refractivity contribution in [3.63, 3.8) is 0 Å². The highest BCUT2D eigenvalue weighted by atomic mass is 35.5. The topological polar surface area (TPSA) is 49.4 Å². The van der Waals surface area contributed by atoms with Crippen LogP contribution in [-0.2, 0) is 15.0 Å². The molecule has 0 bridgehead atoms. The molecule has 2 rings (SSSR count). The van der Waals surface area contributed by atoms with Gasteiger partial charge in [-0.2, -0.15) is 0 Å². The minimum absolute atomic E-state index is 0.0415. The molecule has 26 heavy (non-hydrogen) atoms. The zero-order valence-corrected chi connectivity index (χ0v) is 16.8. The molecular weight excluding hydrogens is 371 g/mol. The first kappa shape index (κ1) is 20.3. The normalized spacial score (nSPS) is 11.2. The van der Waals surface area contributed by atoms with Crippen molar-refractivity contribution in [3.8, 4) is 0 Å². The molecule has 0 unspecified atom stereocenters. The molecule has 0 spiro atoms. The van der Waals surface area contributed by atoms with E-state index in [0.717, 1.165) is 0 Å². The first-order valence-electron chi connectivity index (χ1n) is 8.21. The van der Waals surface area contributed by atoms with Crippen molar-refractivity contribution >= 4 is 46.4 Å². The van der Waals surface area contributed by atoms with E-state index in [1.807, 2.05) is 24.3 Å². The molecule has 2 amide bonds. The van der Waals surface area contributed by atoms with Crippen LogP contribution in [0.4, 0.5) is 11.4 Å². The second kappa shape index (κ2) is 8.11. The minimum Gasteiger partial charge on any atom is -0.325 e. The van der Waals surface area contributed by atoms with Crippen LogP contribution in [0.3, 0.4) is 0 Å². The molecule has 0 radical (unpaired) electrons. The molecule has 0 atom stereocenters. The summed E-state index contributed by atoms with van der Waals surface area (Å²) in [7, 11) is 0. The molecule has 0 saturated heterocycles. The second-order valence-corrected chi connectivity index (χ2v) is 7.98. The number of nitrogens with one attached hydrogen (secondary N) is 1. The first-order chi connectivity index (χ1) is 12.1. The summed E-state index contributed by atoms with van der Waals surface area (Å²) in [6, 6.07) is 12.4.